The lowest BCUT2D eigenvalue weighted by atomic mass is 10.3. The molecule has 20 heavy (non-hydrogen) atoms. The fourth-order valence-corrected chi connectivity index (χ4v) is 2.23. The zero-order valence-corrected chi connectivity index (χ0v) is 10.9. The molecule has 0 spiro atoms. The maximum Gasteiger partial charge on any atom is 0.335 e. The molecule has 11 heteroatoms. The van der Waals surface area contributed by atoms with Crippen molar-refractivity contribution in [2.45, 2.75) is 4.90 Å². The predicted octanol–water partition coefficient (Wildman–Crippen LogP) is -0.168. The molecule has 0 atom stereocenters. The largest absolute Gasteiger partial charge is 0.466 e. The fraction of sp³-hybridized carbons (Fsp3) is 0.111. The van der Waals surface area contributed by atoms with Crippen LogP contribution in [0.1, 0.15) is 0 Å². The van der Waals surface area contributed by atoms with Gasteiger partial charge in [0.2, 0.25) is 10.0 Å². The van der Waals surface area contributed by atoms with Crippen molar-refractivity contribution in [2.24, 2.45) is 5.14 Å². The summed E-state index contributed by atoms with van der Waals surface area (Å²) in [6.07, 6.45) is 1.20. The summed E-state index contributed by atoms with van der Waals surface area (Å²) in [6.45, 7) is 0. The highest BCUT2D eigenvalue weighted by Gasteiger charge is 2.21. The van der Waals surface area contributed by atoms with Crippen molar-refractivity contribution in [1.82, 2.24) is 14.8 Å². The zero-order valence-electron chi connectivity index (χ0n) is 10.1. The van der Waals surface area contributed by atoms with Crippen LogP contribution in [0.4, 0.5) is 5.69 Å². The monoisotopic (exact) mass is 299 g/mol. The number of methoxy groups -OCH3 is 1. The summed E-state index contributed by atoms with van der Waals surface area (Å²) in [6, 6.07) is 3.23. The summed E-state index contributed by atoms with van der Waals surface area (Å²) >= 11 is 0. The summed E-state index contributed by atoms with van der Waals surface area (Å²) in [4.78, 5) is 13.3. The van der Waals surface area contributed by atoms with E-state index in [0.717, 1.165) is 16.8 Å². The Bertz CT molecular complexity index is 769. The third-order valence-electron chi connectivity index (χ3n) is 2.36. The summed E-state index contributed by atoms with van der Waals surface area (Å²) in [7, 11) is -2.83. The molecule has 0 aliphatic heterocycles. The van der Waals surface area contributed by atoms with Crippen LogP contribution in [0.5, 0.6) is 6.01 Å². The topological polar surface area (TPSA) is 143 Å². The Morgan fingerprint density at radius 1 is 1.45 bits per heavy atom. The second-order valence-electron chi connectivity index (χ2n) is 3.63. The van der Waals surface area contributed by atoms with E-state index in [2.05, 4.69) is 10.1 Å². The quantitative estimate of drug-likeness (QED) is 0.609. The lowest BCUT2D eigenvalue weighted by Gasteiger charge is -2.06. The van der Waals surface area contributed by atoms with Gasteiger partial charge in [0.25, 0.3) is 5.69 Å². The van der Waals surface area contributed by atoms with Gasteiger partial charge in [-0.05, 0) is 6.07 Å². The number of hydrogen-bond acceptors (Lipinski definition) is 7. The third kappa shape index (κ3) is 2.57. The number of rotatable bonds is 4. The first-order chi connectivity index (χ1) is 9.32. The van der Waals surface area contributed by atoms with Gasteiger partial charge in [0.05, 0.1) is 17.7 Å². The molecule has 1 aromatic heterocycles. The number of non-ortho nitro benzene ring substituents is 1. The molecule has 0 saturated heterocycles. The van der Waals surface area contributed by atoms with E-state index in [0.29, 0.717) is 0 Å². The van der Waals surface area contributed by atoms with E-state index in [4.69, 9.17) is 9.88 Å². The molecule has 10 nitrogen and oxygen atoms in total. The Balaban J connectivity index is 2.66. The van der Waals surface area contributed by atoms with Crippen LogP contribution < -0.4 is 9.88 Å². The minimum atomic E-state index is -4.17. The SMILES string of the molecule is COc1ncn(-c2ccc([N+](=O)[O-])cc2S(N)(=O)=O)n1. The fourth-order valence-electron chi connectivity index (χ4n) is 1.49. The number of nitro benzene ring substituents is 1. The van der Waals surface area contributed by atoms with Crippen molar-refractivity contribution >= 4 is 15.7 Å². The second kappa shape index (κ2) is 4.86. The van der Waals surface area contributed by atoms with Crippen LogP contribution in [0.2, 0.25) is 0 Å². The van der Waals surface area contributed by atoms with Crippen molar-refractivity contribution in [3.05, 3.63) is 34.6 Å². The van der Waals surface area contributed by atoms with E-state index in [1.807, 2.05) is 0 Å². The van der Waals surface area contributed by atoms with Crippen LogP contribution in [0, 0.1) is 10.1 Å². The summed E-state index contributed by atoms with van der Waals surface area (Å²) in [5.74, 6) is 0. The van der Waals surface area contributed by atoms with Gasteiger partial charge in [-0.2, -0.15) is 4.98 Å². The number of benzene rings is 1. The predicted molar refractivity (Wildman–Crippen MR) is 65.9 cm³/mol. The molecule has 2 N–H and O–H groups in total. The summed E-state index contributed by atoms with van der Waals surface area (Å²) < 4.78 is 29.0. The van der Waals surface area contributed by atoms with Gasteiger partial charge in [-0.1, -0.05) is 0 Å². The van der Waals surface area contributed by atoms with Crippen molar-refractivity contribution in [3.63, 3.8) is 0 Å². The molecule has 0 saturated carbocycles. The Hall–Kier alpha value is -2.53. The standard InChI is InChI=1S/C9H9N5O5S/c1-19-9-11-5-13(12-9)7-3-2-6(14(15)16)4-8(7)20(10,17)18/h2-5H,1H3,(H2,10,17,18). The molecule has 1 heterocycles. The van der Waals surface area contributed by atoms with Crippen molar-refractivity contribution in [2.75, 3.05) is 7.11 Å². The number of primary sulfonamides is 1. The average Bonchev–Trinajstić information content (AvgIpc) is 2.85. The smallest absolute Gasteiger partial charge is 0.335 e. The number of nitrogens with two attached hydrogens (primary N) is 1. The van der Waals surface area contributed by atoms with Gasteiger partial charge in [0.15, 0.2) is 0 Å². The highest BCUT2D eigenvalue weighted by atomic mass is 32.2. The van der Waals surface area contributed by atoms with E-state index >= 15 is 0 Å². The number of nitrogens with zero attached hydrogens (tertiary/aromatic N) is 4. The number of hydrogen-bond donors (Lipinski definition) is 1. The van der Waals surface area contributed by atoms with Crippen LogP contribution in [0.25, 0.3) is 5.69 Å². The van der Waals surface area contributed by atoms with E-state index in [9.17, 15) is 18.5 Å². The van der Waals surface area contributed by atoms with Gasteiger partial charge < -0.3 is 4.74 Å². The first-order valence-electron chi connectivity index (χ1n) is 5.10. The third-order valence-corrected chi connectivity index (χ3v) is 3.30. The molecular formula is C9H9N5O5S. The second-order valence-corrected chi connectivity index (χ2v) is 5.16. The van der Waals surface area contributed by atoms with Crippen LogP contribution in [0.15, 0.2) is 29.4 Å². The molecule has 2 rings (SSSR count). The van der Waals surface area contributed by atoms with Crippen molar-refractivity contribution in [1.29, 1.82) is 0 Å². The molecule has 0 amide bonds. The number of nitro groups is 1. The van der Waals surface area contributed by atoms with Crippen LogP contribution in [-0.4, -0.2) is 35.2 Å². The minimum Gasteiger partial charge on any atom is -0.466 e. The van der Waals surface area contributed by atoms with E-state index in [-0.39, 0.29) is 11.7 Å². The van der Waals surface area contributed by atoms with Gasteiger partial charge in [0.1, 0.15) is 11.2 Å². The number of sulfonamides is 1. The molecule has 0 bridgehead atoms. The summed E-state index contributed by atoms with van der Waals surface area (Å²) in [5, 5.41) is 19.6. The first kappa shape index (κ1) is 13.9. The molecule has 0 radical (unpaired) electrons. The van der Waals surface area contributed by atoms with E-state index < -0.39 is 25.5 Å². The number of ether oxygens (including phenoxy) is 1. The maximum atomic E-state index is 11.5. The highest BCUT2D eigenvalue weighted by molar-refractivity contribution is 7.89. The van der Waals surface area contributed by atoms with Crippen molar-refractivity contribution in [3.8, 4) is 11.7 Å². The van der Waals surface area contributed by atoms with Gasteiger partial charge in [-0.25, -0.2) is 18.2 Å². The van der Waals surface area contributed by atoms with Crippen LogP contribution in [0.3, 0.4) is 0 Å². The molecule has 0 aliphatic rings. The lowest BCUT2D eigenvalue weighted by Crippen LogP contribution is -2.16. The van der Waals surface area contributed by atoms with Crippen molar-refractivity contribution < 1.29 is 18.1 Å². The zero-order chi connectivity index (χ0) is 14.9. The molecule has 106 valence electrons. The van der Waals surface area contributed by atoms with Gasteiger partial charge in [0, 0.05) is 12.1 Å². The molecule has 0 unspecified atom stereocenters. The normalized spacial score (nSPS) is 11.3. The molecule has 0 fully saturated rings. The Morgan fingerprint density at radius 2 is 2.15 bits per heavy atom. The average molecular weight is 299 g/mol. The Morgan fingerprint density at radius 3 is 2.65 bits per heavy atom. The van der Waals surface area contributed by atoms with Crippen LogP contribution in [-0.2, 0) is 10.0 Å². The molecule has 2 aromatic rings. The maximum absolute atomic E-state index is 11.5. The van der Waals surface area contributed by atoms with Gasteiger partial charge >= 0.3 is 6.01 Å². The Kier molecular flexibility index (Phi) is 3.38. The Labute approximate surface area is 113 Å². The van der Waals surface area contributed by atoms with E-state index in [1.54, 1.807) is 0 Å². The number of aromatic nitrogens is 3. The van der Waals surface area contributed by atoms with Crippen LogP contribution >= 0.6 is 0 Å². The first-order valence-corrected chi connectivity index (χ1v) is 6.65. The minimum absolute atomic E-state index is 0.0173. The molecular weight excluding hydrogens is 290 g/mol. The van der Waals surface area contributed by atoms with Gasteiger partial charge in [-0.15, -0.1) is 5.10 Å². The molecule has 1 aromatic carbocycles. The van der Waals surface area contributed by atoms with Gasteiger partial charge in [-0.3, -0.25) is 10.1 Å². The highest BCUT2D eigenvalue weighted by Crippen LogP contribution is 2.24. The van der Waals surface area contributed by atoms with E-state index in [1.165, 1.54) is 19.5 Å². The summed E-state index contributed by atoms with van der Waals surface area (Å²) in [5.41, 5.74) is -0.362. The lowest BCUT2D eigenvalue weighted by molar-refractivity contribution is -0.385. The molecule has 0 aliphatic carbocycles.